The summed E-state index contributed by atoms with van der Waals surface area (Å²) in [4.78, 5) is 10.8. The molecule has 55 valence electrons. The fraction of sp³-hybridized carbons (Fsp3) is 0. The molecule has 0 saturated carbocycles. The highest BCUT2D eigenvalue weighted by molar-refractivity contribution is 6.09. The molecule has 2 rings (SSSR count). The van der Waals surface area contributed by atoms with Crippen molar-refractivity contribution < 1.29 is 9.90 Å². The quantitative estimate of drug-likeness (QED) is 0.574. The van der Waals surface area contributed by atoms with Crippen molar-refractivity contribution in [2.24, 2.45) is 0 Å². The molecule has 0 saturated heterocycles. The lowest BCUT2D eigenvalue weighted by atomic mass is 10.1. The van der Waals surface area contributed by atoms with Crippen LogP contribution >= 0.6 is 0 Å². The van der Waals surface area contributed by atoms with E-state index in [2.05, 4.69) is 5.32 Å². The number of para-hydroxylation sites is 1. The van der Waals surface area contributed by atoms with Crippen LogP contribution in [0.2, 0.25) is 0 Å². The number of benzene rings is 1. The molecule has 1 aromatic carbocycles. The van der Waals surface area contributed by atoms with Gasteiger partial charge in [-0.3, -0.25) is 4.79 Å². The van der Waals surface area contributed by atoms with Crippen LogP contribution < -0.4 is 5.32 Å². The normalized spacial score (nSPS) is 16.3. The first-order chi connectivity index (χ1) is 5.29. The fourth-order valence-electron chi connectivity index (χ4n) is 1.10. The molecule has 1 aromatic rings. The molecular formula is C8H6NO2. The van der Waals surface area contributed by atoms with E-state index < -0.39 is 5.91 Å². The van der Waals surface area contributed by atoms with E-state index in [-0.39, 0.29) is 6.10 Å². The number of aliphatic hydroxyl groups is 1. The SMILES string of the molecule is O=C1Nc2ccccc2[C]1O. The van der Waals surface area contributed by atoms with Crippen molar-refractivity contribution in [3.05, 3.63) is 35.9 Å². The summed E-state index contributed by atoms with van der Waals surface area (Å²) in [5.74, 6) is -0.425. The number of hydrogen-bond donors (Lipinski definition) is 2. The monoisotopic (exact) mass is 148 g/mol. The first-order valence-electron chi connectivity index (χ1n) is 3.26. The smallest absolute Gasteiger partial charge is 0.265 e. The molecule has 0 fully saturated rings. The standard InChI is InChI=1S/C8H6NO2/c10-7-5-3-1-2-4-6(5)9-8(7)11/h1-4,10H,(H,9,11). The van der Waals surface area contributed by atoms with Crippen LogP contribution in [0.25, 0.3) is 0 Å². The van der Waals surface area contributed by atoms with Gasteiger partial charge in [0.2, 0.25) is 6.10 Å². The molecule has 1 heterocycles. The zero-order valence-corrected chi connectivity index (χ0v) is 5.66. The van der Waals surface area contributed by atoms with Gasteiger partial charge in [-0.25, -0.2) is 0 Å². The van der Waals surface area contributed by atoms with Gasteiger partial charge in [0, 0.05) is 11.3 Å². The Morgan fingerprint density at radius 3 is 2.73 bits per heavy atom. The highest BCUT2D eigenvalue weighted by Crippen LogP contribution is 2.28. The topological polar surface area (TPSA) is 49.3 Å². The van der Waals surface area contributed by atoms with E-state index in [4.69, 9.17) is 5.11 Å². The van der Waals surface area contributed by atoms with Gasteiger partial charge in [-0.05, 0) is 6.07 Å². The van der Waals surface area contributed by atoms with Gasteiger partial charge in [-0.2, -0.15) is 0 Å². The lowest BCUT2D eigenvalue weighted by Gasteiger charge is -1.95. The Balaban J connectivity index is 2.55. The van der Waals surface area contributed by atoms with Crippen LogP contribution in [0.3, 0.4) is 0 Å². The second-order valence-electron chi connectivity index (χ2n) is 2.35. The summed E-state index contributed by atoms with van der Waals surface area (Å²) in [6, 6.07) is 7.02. The lowest BCUT2D eigenvalue weighted by Crippen LogP contribution is -2.11. The van der Waals surface area contributed by atoms with E-state index in [0.29, 0.717) is 11.3 Å². The van der Waals surface area contributed by atoms with Crippen LogP contribution in [-0.2, 0) is 4.79 Å². The average Bonchev–Trinajstić information content (AvgIpc) is 2.30. The molecule has 1 amide bonds. The molecule has 0 aliphatic carbocycles. The lowest BCUT2D eigenvalue weighted by molar-refractivity contribution is -0.116. The van der Waals surface area contributed by atoms with Crippen molar-refractivity contribution >= 4 is 11.6 Å². The van der Waals surface area contributed by atoms with Gasteiger partial charge in [0.15, 0.2) is 0 Å². The molecule has 1 radical (unpaired) electrons. The Morgan fingerprint density at radius 1 is 1.27 bits per heavy atom. The molecule has 0 aromatic heterocycles. The van der Waals surface area contributed by atoms with Crippen LogP contribution in [0.1, 0.15) is 5.56 Å². The van der Waals surface area contributed by atoms with Crippen LogP contribution in [0.4, 0.5) is 5.69 Å². The third-order valence-corrected chi connectivity index (χ3v) is 1.65. The predicted octanol–water partition coefficient (Wildman–Crippen LogP) is 0.891. The summed E-state index contributed by atoms with van der Waals surface area (Å²) in [7, 11) is 0. The van der Waals surface area contributed by atoms with Gasteiger partial charge < -0.3 is 10.4 Å². The van der Waals surface area contributed by atoms with E-state index in [9.17, 15) is 4.79 Å². The van der Waals surface area contributed by atoms with E-state index in [1.807, 2.05) is 0 Å². The highest BCUT2D eigenvalue weighted by atomic mass is 16.3. The van der Waals surface area contributed by atoms with E-state index in [1.54, 1.807) is 24.3 Å². The fourth-order valence-corrected chi connectivity index (χ4v) is 1.10. The molecule has 1 aliphatic heterocycles. The zero-order chi connectivity index (χ0) is 7.84. The van der Waals surface area contributed by atoms with Gasteiger partial charge >= 0.3 is 0 Å². The van der Waals surface area contributed by atoms with Crippen LogP contribution in [0.5, 0.6) is 0 Å². The number of rotatable bonds is 0. The Bertz CT molecular complexity index is 309. The maximum absolute atomic E-state index is 10.8. The van der Waals surface area contributed by atoms with Crippen LogP contribution in [0.15, 0.2) is 24.3 Å². The molecule has 0 unspecified atom stereocenters. The minimum Gasteiger partial charge on any atom is -0.372 e. The Kier molecular flexibility index (Phi) is 1.20. The molecule has 3 heteroatoms. The predicted molar refractivity (Wildman–Crippen MR) is 39.4 cm³/mol. The largest absolute Gasteiger partial charge is 0.372 e. The number of nitrogens with one attached hydrogen (secondary N) is 1. The van der Waals surface area contributed by atoms with Gasteiger partial charge in [0.05, 0.1) is 0 Å². The molecule has 0 spiro atoms. The third-order valence-electron chi connectivity index (χ3n) is 1.65. The van der Waals surface area contributed by atoms with E-state index >= 15 is 0 Å². The number of aliphatic hydroxyl groups excluding tert-OH is 1. The minimum absolute atomic E-state index is 0.194. The number of anilines is 1. The molecule has 0 bridgehead atoms. The van der Waals surface area contributed by atoms with Crippen LogP contribution in [-0.4, -0.2) is 11.0 Å². The Labute approximate surface area is 63.7 Å². The summed E-state index contributed by atoms with van der Waals surface area (Å²) >= 11 is 0. The second-order valence-corrected chi connectivity index (χ2v) is 2.35. The number of carbonyl (C=O) groups excluding carboxylic acids is 1. The number of hydrogen-bond acceptors (Lipinski definition) is 2. The van der Waals surface area contributed by atoms with Gasteiger partial charge in [0.1, 0.15) is 0 Å². The number of carbonyl (C=O) groups is 1. The number of amides is 1. The van der Waals surface area contributed by atoms with Crippen molar-refractivity contribution in [1.82, 2.24) is 0 Å². The summed E-state index contributed by atoms with van der Waals surface area (Å²) in [5, 5.41) is 11.7. The van der Waals surface area contributed by atoms with E-state index in [0.717, 1.165) is 0 Å². The van der Waals surface area contributed by atoms with Crippen molar-refractivity contribution in [2.45, 2.75) is 0 Å². The van der Waals surface area contributed by atoms with Gasteiger partial charge in [-0.1, -0.05) is 18.2 Å². The summed E-state index contributed by atoms with van der Waals surface area (Å²) in [6.07, 6.45) is -0.194. The number of fused-ring (bicyclic) bond motifs is 1. The highest BCUT2D eigenvalue weighted by Gasteiger charge is 2.28. The van der Waals surface area contributed by atoms with E-state index in [1.165, 1.54) is 0 Å². The molecule has 11 heavy (non-hydrogen) atoms. The van der Waals surface area contributed by atoms with Gasteiger partial charge in [0.25, 0.3) is 5.91 Å². The third kappa shape index (κ3) is 0.816. The molecule has 0 atom stereocenters. The molecule has 1 aliphatic rings. The average molecular weight is 148 g/mol. The summed E-state index contributed by atoms with van der Waals surface area (Å²) < 4.78 is 0. The van der Waals surface area contributed by atoms with Crippen LogP contribution in [0, 0.1) is 6.10 Å². The summed E-state index contributed by atoms with van der Waals surface area (Å²) in [5.41, 5.74) is 1.26. The molecular weight excluding hydrogens is 142 g/mol. The second kappa shape index (κ2) is 2.07. The van der Waals surface area contributed by atoms with Crippen molar-refractivity contribution in [3.8, 4) is 0 Å². The molecule has 2 N–H and O–H groups in total. The van der Waals surface area contributed by atoms with Crippen molar-refractivity contribution in [3.63, 3.8) is 0 Å². The zero-order valence-electron chi connectivity index (χ0n) is 5.66. The Morgan fingerprint density at radius 2 is 2.00 bits per heavy atom. The summed E-state index contributed by atoms with van der Waals surface area (Å²) in [6.45, 7) is 0. The molecule has 3 nitrogen and oxygen atoms in total. The first kappa shape index (κ1) is 6.37. The minimum atomic E-state index is -0.425. The maximum atomic E-state index is 10.8. The first-order valence-corrected chi connectivity index (χ1v) is 3.26. The van der Waals surface area contributed by atoms with Gasteiger partial charge in [-0.15, -0.1) is 0 Å². The van der Waals surface area contributed by atoms with Crippen molar-refractivity contribution in [1.29, 1.82) is 0 Å². The Hall–Kier alpha value is -1.35. The van der Waals surface area contributed by atoms with Crippen molar-refractivity contribution in [2.75, 3.05) is 5.32 Å². The maximum Gasteiger partial charge on any atom is 0.265 e.